The Balaban J connectivity index is 1.27. The van der Waals surface area contributed by atoms with Crippen LogP contribution in [0.5, 0.6) is 11.6 Å². The van der Waals surface area contributed by atoms with E-state index >= 15 is 0 Å². The molecule has 7 nitrogen and oxygen atoms in total. The van der Waals surface area contributed by atoms with Gasteiger partial charge in [-0.05, 0) is 80.4 Å². The maximum Gasteiger partial charge on any atom is 0.251 e. The van der Waals surface area contributed by atoms with Gasteiger partial charge in [0, 0.05) is 29.2 Å². The molecule has 0 spiro atoms. The highest BCUT2D eigenvalue weighted by molar-refractivity contribution is 6.05. The molecule has 1 atom stereocenters. The maximum absolute atomic E-state index is 12.9. The van der Waals surface area contributed by atoms with Crippen molar-refractivity contribution in [1.29, 1.82) is 0 Å². The molecular formula is C31H34N4O3. The number of fused-ring (bicyclic) bond motifs is 1. The van der Waals surface area contributed by atoms with Crippen molar-refractivity contribution >= 4 is 28.7 Å². The smallest absolute Gasteiger partial charge is 0.251 e. The van der Waals surface area contributed by atoms with Crippen LogP contribution < -0.4 is 10.1 Å². The van der Waals surface area contributed by atoms with Crippen LogP contribution in [0.15, 0.2) is 71.7 Å². The van der Waals surface area contributed by atoms with Gasteiger partial charge in [0.2, 0.25) is 0 Å². The number of hydrogen-bond acceptors (Lipinski definition) is 5. The molecule has 1 fully saturated rings. The Morgan fingerprint density at radius 2 is 1.89 bits per heavy atom. The number of nitrogens with zero attached hydrogens (tertiary/aromatic N) is 2. The van der Waals surface area contributed by atoms with E-state index < -0.39 is 0 Å². The summed E-state index contributed by atoms with van der Waals surface area (Å²) in [6, 6.07) is 21.0. The Kier molecular flexibility index (Phi) is 7.75. The largest absolute Gasteiger partial charge is 0.497 e. The lowest BCUT2D eigenvalue weighted by Gasteiger charge is -2.26. The number of aromatic amines is 1. The summed E-state index contributed by atoms with van der Waals surface area (Å²) in [6.07, 6.45) is 5.57. The fourth-order valence-corrected chi connectivity index (χ4v) is 4.95. The summed E-state index contributed by atoms with van der Waals surface area (Å²) in [4.78, 5) is 23.0. The van der Waals surface area contributed by atoms with Gasteiger partial charge < -0.3 is 20.1 Å². The van der Waals surface area contributed by atoms with Crippen molar-refractivity contribution in [1.82, 2.24) is 15.2 Å². The van der Waals surface area contributed by atoms with Crippen LogP contribution in [0.2, 0.25) is 0 Å². The Hall–Kier alpha value is -4.10. The van der Waals surface area contributed by atoms with Crippen molar-refractivity contribution in [2.24, 2.45) is 4.99 Å². The second-order valence-corrected chi connectivity index (χ2v) is 9.88. The number of carbonyl (C=O) groups is 1. The van der Waals surface area contributed by atoms with E-state index in [1.165, 1.54) is 37.9 Å². The van der Waals surface area contributed by atoms with Crippen molar-refractivity contribution in [2.75, 3.05) is 20.2 Å². The lowest BCUT2D eigenvalue weighted by molar-refractivity contribution is 0.0940. The number of aliphatic imine (C=N–C) groups is 1. The molecule has 0 bridgehead atoms. The Morgan fingerprint density at radius 1 is 1.11 bits per heavy atom. The second kappa shape index (κ2) is 11.5. The molecule has 4 aromatic rings. The minimum Gasteiger partial charge on any atom is -0.497 e. The van der Waals surface area contributed by atoms with Gasteiger partial charge in [0.05, 0.1) is 24.4 Å². The number of carbonyl (C=O) groups excluding carboxylic acids is 1. The number of hydrogen-bond donors (Lipinski definition) is 3. The average molecular weight is 511 g/mol. The number of amides is 1. The Bertz CT molecular complexity index is 1440. The predicted molar refractivity (Wildman–Crippen MR) is 152 cm³/mol. The molecule has 196 valence electrons. The van der Waals surface area contributed by atoms with Crippen molar-refractivity contribution in [3.63, 3.8) is 0 Å². The number of rotatable bonds is 8. The molecule has 1 saturated heterocycles. The van der Waals surface area contributed by atoms with Gasteiger partial charge in [-0.1, -0.05) is 36.8 Å². The van der Waals surface area contributed by atoms with Crippen LogP contribution in [0.25, 0.3) is 10.9 Å². The summed E-state index contributed by atoms with van der Waals surface area (Å²) in [5.74, 6) is 0.568. The molecule has 2 heterocycles. The molecule has 7 heteroatoms. The lowest BCUT2D eigenvalue weighted by atomic mass is 10.1. The minimum atomic E-state index is -0.198. The topological polar surface area (TPSA) is 89.9 Å². The molecular weight excluding hydrogens is 476 g/mol. The van der Waals surface area contributed by atoms with E-state index in [-0.39, 0.29) is 17.8 Å². The van der Waals surface area contributed by atoms with Crippen LogP contribution in [0, 0.1) is 0 Å². The van der Waals surface area contributed by atoms with Gasteiger partial charge in [-0.2, -0.15) is 0 Å². The average Bonchev–Trinajstić information content (AvgIpc) is 3.27. The Labute approximate surface area is 223 Å². The lowest BCUT2D eigenvalue weighted by Crippen LogP contribution is -2.28. The van der Waals surface area contributed by atoms with E-state index in [2.05, 4.69) is 32.3 Å². The number of aromatic nitrogens is 1. The van der Waals surface area contributed by atoms with Crippen LogP contribution in [-0.2, 0) is 6.54 Å². The quantitative estimate of drug-likeness (QED) is 0.250. The molecule has 3 N–H and O–H groups in total. The van der Waals surface area contributed by atoms with E-state index in [0.717, 1.165) is 28.9 Å². The third kappa shape index (κ3) is 5.89. The monoisotopic (exact) mass is 510 g/mol. The number of H-pyrrole nitrogens is 1. The van der Waals surface area contributed by atoms with E-state index in [9.17, 15) is 9.90 Å². The van der Waals surface area contributed by atoms with E-state index in [1.54, 1.807) is 25.5 Å². The third-order valence-electron chi connectivity index (χ3n) is 7.16. The van der Waals surface area contributed by atoms with Crippen molar-refractivity contribution in [2.45, 2.75) is 38.8 Å². The van der Waals surface area contributed by atoms with Crippen LogP contribution >= 0.6 is 0 Å². The number of methoxy groups -OCH3 is 1. The zero-order chi connectivity index (χ0) is 26.5. The molecule has 0 unspecified atom stereocenters. The molecule has 3 aromatic carbocycles. The number of likely N-dealkylation sites (tertiary alicyclic amines) is 1. The fourth-order valence-electron chi connectivity index (χ4n) is 4.95. The first-order chi connectivity index (χ1) is 18.5. The summed E-state index contributed by atoms with van der Waals surface area (Å²) < 4.78 is 5.28. The number of aromatic hydroxyl groups is 1. The summed E-state index contributed by atoms with van der Waals surface area (Å²) >= 11 is 0. The normalized spacial score (nSPS) is 15.1. The highest BCUT2D eigenvalue weighted by Gasteiger charge is 2.15. The first kappa shape index (κ1) is 25.5. The van der Waals surface area contributed by atoms with Gasteiger partial charge in [-0.15, -0.1) is 0 Å². The molecule has 0 saturated carbocycles. The standard InChI is InChI=1S/C31H34N4O3/c1-21(23-7-6-8-26(17-23)38-2)33-30(36)24-11-14-27-28(31(37)34-29(27)18-24)19-32-25-12-9-22(10-13-25)20-35-15-4-3-5-16-35/h6-14,17-19,21,34,37H,3-5,15-16,20H2,1-2H3,(H,33,36)/t21-/m1/s1. The molecule has 5 rings (SSSR count). The van der Waals surface area contributed by atoms with Gasteiger partial charge in [0.25, 0.3) is 5.91 Å². The van der Waals surface area contributed by atoms with Gasteiger partial charge in [-0.3, -0.25) is 14.7 Å². The van der Waals surface area contributed by atoms with Crippen molar-refractivity contribution in [3.05, 3.63) is 89.0 Å². The summed E-state index contributed by atoms with van der Waals surface area (Å²) in [5, 5.41) is 14.4. The number of piperidine rings is 1. The Morgan fingerprint density at radius 3 is 2.66 bits per heavy atom. The highest BCUT2D eigenvalue weighted by Crippen LogP contribution is 2.28. The molecule has 1 aromatic heterocycles. The van der Waals surface area contributed by atoms with Crippen LogP contribution in [0.4, 0.5) is 5.69 Å². The SMILES string of the molecule is COc1cccc([C@@H](C)NC(=O)c2ccc3c(C=Nc4ccc(CN5CCCCC5)cc4)c(O)[nH]c3c2)c1. The van der Waals surface area contributed by atoms with E-state index in [1.807, 2.05) is 49.4 Å². The molecule has 1 aliphatic rings. The molecule has 1 aliphatic heterocycles. The third-order valence-corrected chi connectivity index (χ3v) is 7.16. The first-order valence-corrected chi connectivity index (χ1v) is 13.1. The number of nitrogens with one attached hydrogen (secondary N) is 2. The summed E-state index contributed by atoms with van der Waals surface area (Å²) in [5.41, 5.74) is 4.82. The zero-order valence-corrected chi connectivity index (χ0v) is 21.9. The van der Waals surface area contributed by atoms with Crippen LogP contribution in [0.3, 0.4) is 0 Å². The van der Waals surface area contributed by atoms with Gasteiger partial charge >= 0.3 is 0 Å². The fraction of sp³-hybridized carbons (Fsp3) is 0.290. The zero-order valence-electron chi connectivity index (χ0n) is 21.9. The summed E-state index contributed by atoms with van der Waals surface area (Å²) in [7, 11) is 1.62. The molecule has 0 aliphatic carbocycles. The second-order valence-electron chi connectivity index (χ2n) is 9.88. The van der Waals surface area contributed by atoms with Gasteiger partial charge in [-0.25, -0.2) is 0 Å². The maximum atomic E-state index is 12.9. The highest BCUT2D eigenvalue weighted by atomic mass is 16.5. The van der Waals surface area contributed by atoms with E-state index in [4.69, 9.17) is 4.74 Å². The van der Waals surface area contributed by atoms with Gasteiger partial charge in [0.15, 0.2) is 5.88 Å². The van der Waals surface area contributed by atoms with Crippen LogP contribution in [0.1, 0.15) is 59.3 Å². The molecule has 0 radical (unpaired) electrons. The number of benzene rings is 3. The minimum absolute atomic E-state index is 0.0211. The van der Waals surface area contributed by atoms with Crippen molar-refractivity contribution < 1.29 is 14.6 Å². The number of ether oxygens (including phenoxy) is 1. The van der Waals surface area contributed by atoms with Crippen molar-refractivity contribution in [3.8, 4) is 11.6 Å². The van der Waals surface area contributed by atoms with Crippen LogP contribution in [-0.4, -0.2) is 47.3 Å². The van der Waals surface area contributed by atoms with E-state index in [0.29, 0.717) is 16.6 Å². The first-order valence-electron chi connectivity index (χ1n) is 13.1. The molecule has 1 amide bonds. The predicted octanol–water partition coefficient (Wildman–Crippen LogP) is 6.11. The summed E-state index contributed by atoms with van der Waals surface area (Å²) in [6.45, 7) is 5.25. The van der Waals surface area contributed by atoms with Gasteiger partial charge in [0.1, 0.15) is 5.75 Å². The molecule has 38 heavy (non-hydrogen) atoms.